The molecule has 4 atom stereocenters. The molecule has 5 heterocycles. The van der Waals surface area contributed by atoms with Crippen LogP contribution >= 0.6 is 0 Å². The van der Waals surface area contributed by atoms with Crippen LogP contribution in [0, 0.1) is 5.92 Å². The largest absolute Gasteiger partial charge is 0.453 e. The van der Waals surface area contributed by atoms with Crippen LogP contribution < -0.4 is 10.6 Å². The number of carbonyl (C=O) groups is 4. The van der Waals surface area contributed by atoms with Gasteiger partial charge >= 0.3 is 12.2 Å². The first-order valence-corrected chi connectivity index (χ1v) is 20.0. The molecule has 2 bridgehead atoms. The van der Waals surface area contributed by atoms with E-state index in [0.717, 1.165) is 57.8 Å². The molecule has 17 heteroatoms. The third-order valence-electron chi connectivity index (χ3n) is 11.2. The van der Waals surface area contributed by atoms with Crippen molar-refractivity contribution < 1.29 is 42.2 Å². The molecule has 15 nitrogen and oxygen atoms in total. The standard InChI is InChI=1S/C42H50F2N8O7/c1-24(2)34(50-41(56)58-4)39(54)52-23-42(43,44)20-33(52)36-45-21-30(46-36)27-14-10-25(11-15-27)26-12-16-28(17-13-26)35-31-22-59-19-6-5-8-29(48-40(55)57-3)38(53)51-18-7-9-32(51)37(47-31)49-35/h10-17,21,24,29,32-34H,5-9,18-20,22-23H2,1-4H3,(H,45,46)(H,47,49)(H,48,55)(H,50,56)/t29-,32-,33-,34-/m0/s1. The molecule has 0 aliphatic carbocycles. The molecular weight excluding hydrogens is 767 g/mol. The molecular formula is C42H50F2N8O7. The normalized spacial score (nSPS) is 21.2. The van der Waals surface area contributed by atoms with Crippen LogP contribution in [-0.2, 0) is 30.4 Å². The minimum atomic E-state index is -3.13. The molecule has 2 aromatic carbocycles. The molecule has 0 saturated carbocycles. The molecule has 4 N–H and O–H groups in total. The third-order valence-corrected chi connectivity index (χ3v) is 11.2. The highest BCUT2D eigenvalue weighted by atomic mass is 19.3. The number of alkyl halides is 2. The van der Waals surface area contributed by atoms with E-state index < -0.39 is 55.1 Å². The van der Waals surface area contributed by atoms with Crippen molar-refractivity contribution in [3.63, 3.8) is 0 Å². The van der Waals surface area contributed by atoms with E-state index in [9.17, 15) is 28.0 Å². The first-order valence-electron chi connectivity index (χ1n) is 20.0. The smallest absolute Gasteiger partial charge is 0.407 e. The molecule has 0 spiro atoms. The summed E-state index contributed by atoms with van der Waals surface area (Å²) in [6.45, 7) is 4.02. The van der Waals surface area contributed by atoms with Crippen LogP contribution in [0.4, 0.5) is 18.4 Å². The fraction of sp³-hybridized carbons (Fsp3) is 0.476. The van der Waals surface area contributed by atoms with Gasteiger partial charge in [0.1, 0.15) is 23.7 Å². The Balaban J connectivity index is 1.07. The van der Waals surface area contributed by atoms with Crippen molar-refractivity contribution in [2.24, 2.45) is 5.92 Å². The van der Waals surface area contributed by atoms with Gasteiger partial charge in [-0.3, -0.25) is 9.59 Å². The molecule has 0 unspecified atom stereocenters. The summed E-state index contributed by atoms with van der Waals surface area (Å²) in [5.41, 5.74) is 5.74. The van der Waals surface area contributed by atoms with Crippen LogP contribution in [0.3, 0.4) is 0 Å². The van der Waals surface area contributed by atoms with E-state index in [2.05, 4.69) is 30.3 Å². The summed E-state index contributed by atoms with van der Waals surface area (Å²) in [4.78, 5) is 70.2. The number of hydrogen-bond acceptors (Lipinski definition) is 9. The van der Waals surface area contributed by atoms with Gasteiger partial charge in [-0.1, -0.05) is 62.4 Å². The minimum absolute atomic E-state index is 0.149. The van der Waals surface area contributed by atoms with Crippen molar-refractivity contribution in [2.45, 2.75) is 89.1 Å². The first-order chi connectivity index (χ1) is 28.3. The lowest BCUT2D eigenvalue weighted by molar-refractivity contribution is -0.136. The molecule has 3 aliphatic rings. The van der Waals surface area contributed by atoms with Gasteiger partial charge < -0.3 is 44.6 Å². The maximum atomic E-state index is 14.8. The van der Waals surface area contributed by atoms with Gasteiger partial charge in [-0.2, -0.15) is 0 Å². The zero-order valence-corrected chi connectivity index (χ0v) is 33.6. The predicted molar refractivity (Wildman–Crippen MR) is 212 cm³/mol. The Labute approximate surface area is 340 Å². The number of ether oxygens (including phenoxy) is 3. The summed E-state index contributed by atoms with van der Waals surface area (Å²) in [7, 11) is 2.45. The Morgan fingerprint density at radius 2 is 1.56 bits per heavy atom. The van der Waals surface area contributed by atoms with E-state index in [-0.39, 0.29) is 23.7 Å². The monoisotopic (exact) mass is 816 g/mol. The fourth-order valence-corrected chi connectivity index (χ4v) is 8.12. The summed E-state index contributed by atoms with van der Waals surface area (Å²) in [6.07, 6.45) is 2.96. The Morgan fingerprint density at radius 1 is 0.881 bits per heavy atom. The number of carbonyl (C=O) groups excluding carboxylic acids is 4. The molecule has 2 fully saturated rings. The highest BCUT2D eigenvalue weighted by molar-refractivity contribution is 5.87. The van der Waals surface area contributed by atoms with E-state index in [1.165, 1.54) is 14.2 Å². The number of imidazole rings is 2. The summed E-state index contributed by atoms with van der Waals surface area (Å²) < 4.78 is 45.1. The number of nitrogens with one attached hydrogen (secondary N) is 4. The molecule has 2 aromatic heterocycles. The van der Waals surface area contributed by atoms with Crippen LogP contribution in [0.2, 0.25) is 0 Å². The molecule has 4 aromatic rings. The zero-order chi connectivity index (χ0) is 41.8. The second kappa shape index (κ2) is 17.6. The second-order valence-electron chi connectivity index (χ2n) is 15.6. The average molecular weight is 817 g/mol. The Hall–Kier alpha value is -5.84. The average Bonchev–Trinajstić information content (AvgIpc) is 4.06. The van der Waals surface area contributed by atoms with Crippen molar-refractivity contribution in [1.29, 1.82) is 0 Å². The molecule has 2 saturated heterocycles. The second-order valence-corrected chi connectivity index (χ2v) is 15.6. The number of halogens is 2. The number of likely N-dealkylation sites (tertiary alicyclic amines) is 1. The van der Waals surface area contributed by atoms with Gasteiger partial charge in [-0.15, -0.1) is 0 Å². The number of alkyl carbamates (subject to hydrolysis) is 2. The molecule has 3 aliphatic heterocycles. The van der Waals surface area contributed by atoms with E-state index >= 15 is 0 Å². The highest BCUT2D eigenvalue weighted by Crippen LogP contribution is 2.41. The number of aromatic nitrogens is 4. The first kappa shape index (κ1) is 41.3. The number of methoxy groups -OCH3 is 2. The summed E-state index contributed by atoms with van der Waals surface area (Å²) >= 11 is 0. The third kappa shape index (κ3) is 9.09. The Kier molecular flexibility index (Phi) is 12.3. The van der Waals surface area contributed by atoms with E-state index in [1.807, 2.05) is 48.5 Å². The number of benzene rings is 2. The Bertz CT molecular complexity index is 2140. The summed E-state index contributed by atoms with van der Waals surface area (Å²) in [5.74, 6) is -3.38. The lowest BCUT2D eigenvalue weighted by Crippen LogP contribution is -2.51. The van der Waals surface area contributed by atoms with E-state index in [1.54, 1.807) is 24.9 Å². The number of aromatic amines is 2. The summed E-state index contributed by atoms with van der Waals surface area (Å²) in [6, 6.07) is 12.7. The van der Waals surface area contributed by atoms with Gasteiger partial charge in [0.25, 0.3) is 5.92 Å². The maximum absolute atomic E-state index is 14.8. The Morgan fingerprint density at radius 3 is 2.24 bits per heavy atom. The SMILES string of the molecule is COC(=O)N[C@H]1CCCCOCc2[nH]c(nc2-c2ccc(-c3ccc(-c4cnc([C@@H]5CC(F)(F)CN5C(=O)[C@@H](NC(=O)OC)C(C)C)[nH]4)cc3)cc2)[C@@H]2CCCN2C1=O. The number of H-pyrrole nitrogens is 2. The van der Waals surface area contributed by atoms with Crippen LogP contribution in [0.1, 0.15) is 81.8 Å². The number of amides is 4. The lowest BCUT2D eigenvalue weighted by atomic mass is 10.0. The van der Waals surface area contributed by atoms with Crippen molar-refractivity contribution in [1.82, 2.24) is 40.4 Å². The zero-order valence-electron chi connectivity index (χ0n) is 33.6. The summed E-state index contributed by atoms with van der Waals surface area (Å²) in [5, 5.41) is 5.20. The van der Waals surface area contributed by atoms with Crippen molar-refractivity contribution >= 4 is 24.0 Å². The maximum Gasteiger partial charge on any atom is 0.407 e. The number of rotatable bonds is 8. The van der Waals surface area contributed by atoms with Gasteiger partial charge in [-0.05, 0) is 54.7 Å². The molecule has 59 heavy (non-hydrogen) atoms. The van der Waals surface area contributed by atoms with Crippen LogP contribution in [-0.4, -0.2) is 106 Å². The number of nitrogens with zero attached hydrogens (tertiary/aromatic N) is 4. The van der Waals surface area contributed by atoms with Crippen molar-refractivity contribution in [2.75, 3.05) is 33.9 Å². The lowest BCUT2D eigenvalue weighted by Gasteiger charge is -2.29. The quantitative estimate of drug-likeness (QED) is 0.154. The van der Waals surface area contributed by atoms with Crippen LogP contribution in [0.25, 0.3) is 33.6 Å². The number of fused-ring (bicyclic) bond motifs is 4. The van der Waals surface area contributed by atoms with Crippen molar-refractivity contribution in [3.8, 4) is 33.6 Å². The molecule has 0 radical (unpaired) electrons. The number of hydrogen-bond donors (Lipinski definition) is 4. The van der Waals surface area contributed by atoms with E-state index in [0.29, 0.717) is 44.1 Å². The van der Waals surface area contributed by atoms with Crippen LogP contribution in [0.5, 0.6) is 0 Å². The van der Waals surface area contributed by atoms with Gasteiger partial charge in [-0.25, -0.2) is 28.3 Å². The minimum Gasteiger partial charge on any atom is -0.453 e. The molecule has 314 valence electrons. The topological polar surface area (TPSA) is 184 Å². The molecule has 7 rings (SSSR count). The predicted octanol–water partition coefficient (Wildman–Crippen LogP) is 6.51. The van der Waals surface area contributed by atoms with Gasteiger partial charge in [0.2, 0.25) is 11.8 Å². The van der Waals surface area contributed by atoms with Crippen LogP contribution in [0.15, 0.2) is 54.7 Å². The fourth-order valence-electron chi connectivity index (χ4n) is 8.12. The van der Waals surface area contributed by atoms with Gasteiger partial charge in [0.15, 0.2) is 0 Å². The highest BCUT2D eigenvalue weighted by Gasteiger charge is 2.50. The van der Waals surface area contributed by atoms with Gasteiger partial charge in [0, 0.05) is 25.1 Å². The van der Waals surface area contributed by atoms with Crippen molar-refractivity contribution in [3.05, 3.63) is 72.1 Å². The van der Waals surface area contributed by atoms with Gasteiger partial charge in [0.05, 0.1) is 62.7 Å². The van der Waals surface area contributed by atoms with E-state index in [4.69, 9.17) is 14.5 Å². The molecule has 4 amide bonds.